The molecule has 3 atom stereocenters. The van der Waals surface area contributed by atoms with E-state index in [-0.39, 0.29) is 11.9 Å². The quantitative estimate of drug-likeness (QED) is 0.808. The summed E-state index contributed by atoms with van der Waals surface area (Å²) in [4.78, 5) is 13.9. The molecular formula is C13H24N2O2. The minimum atomic E-state index is 0.176. The number of ether oxygens (including phenoxy) is 1. The Morgan fingerprint density at radius 3 is 2.88 bits per heavy atom. The molecule has 4 nitrogen and oxygen atoms in total. The summed E-state index contributed by atoms with van der Waals surface area (Å²) in [5.41, 5.74) is 5.88. The van der Waals surface area contributed by atoms with Crippen LogP contribution in [0.25, 0.3) is 0 Å². The maximum Gasteiger partial charge on any atom is 0.222 e. The van der Waals surface area contributed by atoms with Gasteiger partial charge in [0.1, 0.15) is 0 Å². The number of amides is 1. The number of hydrogen-bond acceptors (Lipinski definition) is 3. The molecule has 2 saturated heterocycles. The second-order valence-corrected chi connectivity index (χ2v) is 5.43. The largest absolute Gasteiger partial charge is 0.375 e. The number of rotatable bonds is 3. The molecule has 2 rings (SSSR count). The second kappa shape index (κ2) is 5.83. The molecule has 98 valence electrons. The number of hydrogen-bond donors (Lipinski definition) is 1. The molecule has 0 aromatic heterocycles. The third kappa shape index (κ3) is 3.68. The van der Waals surface area contributed by atoms with Crippen LogP contribution in [0.5, 0.6) is 0 Å². The van der Waals surface area contributed by atoms with E-state index in [0.29, 0.717) is 18.6 Å². The average Bonchev–Trinajstić information content (AvgIpc) is 2.72. The Morgan fingerprint density at radius 1 is 1.41 bits per heavy atom. The molecule has 0 aromatic carbocycles. The predicted molar refractivity (Wildman–Crippen MR) is 66.6 cm³/mol. The fourth-order valence-corrected chi connectivity index (χ4v) is 2.78. The van der Waals surface area contributed by atoms with Crippen molar-refractivity contribution in [1.82, 2.24) is 4.90 Å². The minimum absolute atomic E-state index is 0.176. The molecule has 17 heavy (non-hydrogen) atoms. The van der Waals surface area contributed by atoms with Crippen LogP contribution < -0.4 is 5.73 Å². The first kappa shape index (κ1) is 12.8. The molecule has 2 N–H and O–H groups in total. The van der Waals surface area contributed by atoms with Crippen molar-refractivity contribution >= 4 is 5.91 Å². The summed E-state index contributed by atoms with van der Waals surface area (Å²) < 4.78 is 5.72. The third-order valence-corrected chi connectivity index (χ3v) is 3.81. The molecule has 0 aromatic rings. The minimum Gasteiger partial charge on any atom is -0.375 e. The molecule has 3 unspecified atom stereocenters. The number of likely N-dealkylation sites (tertiary alicyclic amines) is 1. The van der Waals surface area contributed by atoms with Crippen LogP contribution in [-0.4, -0.2) is 42.1 Å². The van der Waals surface area contributed by atoms with Gasteiger partial charge in [0.05, 0.1) is 12.2 Å². The van der Waals surface area contributed by atoms with Gasteiger partial charge in [0.25, 0.3) is 0 Å². The van der Waals surface area contributed by atoms with Gasteiger partial charge in [-0.25, -0.2) is 0 Å². The maximum absolute atomic E-state index is 12.0. The Balaban J connectivity index is 1.69. The first-order valence-corrected chi connectivity index (χ1v) is 6.84. The lowest BCUT2D eigenvalue weighted by Gasteiger charge is -2.31. The number of nitrogens with zero attached hydrogens (tertiary/aromatic N) is 1. The van der Waals surface area contributed by atoms with Crippen LogP contribution in [0.4, 0.5) is 0 Å². The molecule has 0 spiro atoms. The Hall–Kier alpha value is -0.610. The zero-order valence-corrected chi connectivity index (χ0v) is 10.7. The van der Waals surface area contributed by atoms with Gasteiger partial charge in [-0.1, -0.05) is 0 Å². The molecule has 4 heteroatoms. The summed E-state index contributed by atoms with van der Waals surface area (Å²) >= 11 is 0. The van der Waals surface area contributed by atoms with E-state index in [1.165, 1.54) is 0 Å². The first-order chi connectivity index (χ1) is 8.15. The highest BCUT2D eigenvalue weighted by Gasteiger charge is 2.25. The average molecular weight is 240 g/mol. The summed E-state index contributed by atoms with van der Waals surface area (Å²) in [5, 5.41) is 0. The summed E-state index contributed by atoms with van der Waals surface area (Å²) in [5.74, 6) is 0.253. The van der Waals surface area contributed by atoms with E-state index in [4.69, 9.17) is 10.5 Å². The molecule has 2 heterocycles. The van der Waals surface area contributed by atoms with Crippen molar-refractivity contribution in [2.45, 2.75) is 63.7 Å². The Morgan fingerprint density at radius 2 is 2.24 bits per heavy atom. The van der Waals surface area contributed by atoms with Gasteiger partial charge in [-0.05, 0) is 39.0 Å². The second-order valence-electron chi connectivity index (χ2n) is 5.43. The lowest BCUT2D eigenvalue weighted by molar-refractivity contribution is -0.133. The Kier molecular flexibility index (Phi) is 4.40. The molecule has 0 saturated carbocycles. The van der Waals surface area contributed by atoms with E-state index < -0.39 is 0 Å². The van der Waals surface area contributed by atoms with E-state index in [9.17, 15) is 4.79 Å². The van der Waals surface area contributed by atoms with Gasteiger partial charge in [-0.15, -0.1) is 0 Å². The van der Waals surface area contributed by atoms with Crippen LogP contribution in [0, 0.1) is 0 Å². The van der Waals surface area contributed by atoms with Crippen molar-refractivity contribution in [3.05, 3.63) is 0 Å². The summed E-state index contributed by atoms with van der Waals surface area (Å²) in [6.45, 7) is 3.72. The number of carbonyl (C=O) groups excluding carboxylic acids is 1. The van der Waals surface area contributed by atoms with Crippen LogP contribution in [0.2, 0.25) is 0 Å². The van der Waals surface area contributed by atoms with Crippen LogP contribution in [0.3, 0.4) is 0 Å². The zero-order chi connectivity index (χ0) is 12.3. The molecule has 0 aliphatic carbocycles. The van der Waals surface area contributed by atoms with Crippen LogP contribution in [0.15, 0.2) is 0 Å². The van der Waals surface area contributed by atoms with Crippen molar-refractivity contribution in [1.29, 1.82) is 0 Å². The van der Waals surface area contributed by atoms with Gasteiger partial charge in [0.15, 0.2) is 0 Å². The molecule has 0 bridgehead atoms. The first-order valence-electron chi connectivity index (χ1n) is 6.84. The third-order valence-electron chi connectivity index (χ3n) is 3.81. The predicted octanol–water partition coefficient (Wildman–Crippen LogP) is 1.28. The zero-order valence-electron chi connectivity index (χ0n) is 10.7. The van der Waals surface area contributed by atoms with Crippen LogP contribution in [-0.2, 0) is 9.53 Å². The van der Waals surface area contributed by atoms with E-state index in [2.05, 4.69) is 6.92 Å². The van der Waals surface area contributed by atoms with Crippen LogP contribution >= 0.6 is 0 Å². The summed E-state index contributed by atoms with van der Waals surface area (Å²) in [6, 6.07) is 0.176. The van der Waals surface area contributed by atoms with Gasteiger partial charge in [0.2, 0.25) is 5.91 Å². The highest BCUT2D eigenvalue weighted by Crippen LogP contribution is 2.23. The summed E-state index contributed by atoms with van der Waals surface area (Å²) in [6.07, 6.45) is 6.49. The van der Waals surface area contributed by atoms with Crippen molar-refractivity contribution in [2.24, 2.45) is 5.73 Å². The standard InChI is InChI=1S/C13H24N2O2/c1-10-4-5-12(17-10)6-7-13(16)15-8-2-3-11(14)9-15/h10-12H,2-9,14H2,1H3. The van der Waals surface area contributed by atoms with Gasteiger partial charge in [-0.3, -0.25) is 4.79 Å². The highest BCUT2D eigenvalue weighted by molar-refractivity contribution is 5.76. The van der Waals surface area contributed by atoms with E-state index in [1.54, 1.807) is 0 Å². The smallest absolute Gasteiger partial charge is 0.222 e. The SMILES string of the molecule is CC1CCC(CCC(=O)N2CCCC(N)C2)O1. The molecular weight excluding hydrogens is 216 g/mol. The topological polar surface area (TPSA) is 55.6 Å². The van der Waals surface area contributed by atoms with Gasteiger partial charge in [0, 0.05) is 25.6 Å². The highest BCUT2D eigenvalue weighted by atomic mass is 16.5. The summed E-state index contributed by atoms with van der Waals surface area (Å²) in [7, 11) is 0. The lowest BCUT2D eigenvalue weighted by atomic mass is 10.0. The normalized spacial score (nSPS) is 34.0. The Labute approximate surface area is 103 Å². The fourth-order valence-electron chi connectivity index (χ4n) is 2.78. The van der Waals surface area contributed by atoms with Crippen molar-refractivity contribution < 1.29 is 9.53 Å². The van der Waals surface area contributed by atoms with Crippen LogP contribution in [0.1, 0.15) is 45.4 Å². The fraction of sp³-hybridized carbons (Fsp3) is 0.923. The number of piperidine rings is 1. The van der Waals surface area contributed by atoms with E-state index in [1.807, 2.05) is 4.90 Å². The van der Waals surface area contributed by atoms with Crippen molar-refractivity contribution in [3.63, 3.8) is 0 Å². The van der Waals surface area contributed by atoms with Gasteiger partial charge < -0.3 is 15.4 Å². The molecule has 2 aliphatic heterocycles. The lowest BCUT2D eigenvalue weighted by Crippen LogP contribution is -2.45. The molecule has 0 radical (unpaired) electrons. The molecule has 2 fully saturated rings. The van der Waals surface area contributed by atoms with Gasteiger partial charge >= 0.3 is 0 Å². The maximum atomic E-state index is 12.0. The Bertz CT molecular complexity index is 270. The molecule has 2 aliphatic rings. The monoisotopic (exact) mass is 240 g/mol. The molecule has 1 amide bonds. The van der Waals surface area contributed by atoms with E-state index in [0.717, 1.165) is 45.2 Å². The number of carbonyl (C=O) groups is 1. The van der Waals surface area contributed by atoms with Crippen molar-refractivity contribution in [2.75, 3.05) is 13.1 Å². The van der Waals surface area contributed by atoms with Gasteiger partial charge in [-0.2, -0.15) is 0 Å². The van der Waals surface area contributed by atoms with E-state index >= 15 is 0 Å². The number of nitrogens with two attached hydrogens (primary N) is 1. The van der Waals surface area contributed by atoms with Crippen molar-refractivity contribution in [3.8, 4) is 0 Å².